The third-order valence-electron chi connectivity index (χ3n) is 2.57. The molecule has 0 aliphatic carbocycles. The van der Waals surface area contributed by atoms with Crippen molar-refractivity contribution in [2.75, 3.05) is 14.2 Å². The van der Waals surface area contributed by atoms with E-state index in [1.54, 1.807) is 14.2 Å². The van der Waals surface area contributed by atoms with E-state index in [-0.39, 0.29) is 0 Å². The van der Waals surface area contributed by atoms with E-state index in [0.29, 0.717) is 0 Å². The Hall–Kier alpha value is -1.23. The zero-order valence-corrected chi connectivity index (χ0v) is 11.9. The third-order valence-corrected chi connectivity index (χ3v) is 3.51. The predicted octanol–water partition coefficient (Wildman–Crippen LogP) is 3.98. The summed E-state index contributed by atoms with van der Waals surface area (Å²) in [5, 5.41) is 0. The second-order valence-corrected chi connectivity index (χ2v) is 4.68. The largest absolute Gasteiger partial charge is 0.496 e. The van der Waals surface area contributed by atoms with Gasteiger partial charge in [-0.2, -0.15) is 0 Å². The number of rotatable bonds is 3. The molecule has 0 heterocycles. The molecule has 0 aromatic heterocycles. The number of benzene rings is 2. The number of ether oxygens (including phenoxy) is 2. The fourth-order valence-corrected chi connectivity index (χ4v) is 2.44. The van der Waals surface area contributed by atoms with Gasteiger partial charge in [0.15, 0.2) is 0 Å². The first-order valence-electron chi connectivity index (χ1n) is 5.24. The summed E-state index contributed by atoms with van der Waals surface area (Å²) < 4.78 is 12.0. The Bertz CT molecular complexity index is 501. The van der Waals surface area contributed by atoms with E-state index in [1.165, 1.54) is 3.57 Å². The van der Waals surface area contributed by atoms with Gasteiger partial charge in [-0.3, -0.25) is 0 Å². The van der Waals surface area contributed by atoms with Crippen LogP contribution in [0.4, 0.5) is 0 Å². The molecule has 2 rings (SSSR count). The molecule has 0 bridgehead atoms. The number of methoxy groups -OCH3 is 2. The average Bonchev–Trinajstić information content (AvgIpc) is 2.38. The number of hydrogen-bond acceptors (Lipinski definition) is 2. The summed E-state index contributed by atoms with van der Waals surface area (Å²) in [6.07, 6.45) is 0. The van der Waals surface area contributed by atoms with E-state index < -0.39 is 0 Å². The molecule has 0 fully saturated rings. The van der Waals surface area contributed by atoms with E-state index in [2.05, 4.69) is 34.7 Å². The first-order valence-corrected chi connectivity index (χ1v) is 6.31. The van der Waals surface area contributed by atoms with Crippen LogP contribution in [-0.4, -0.2) is 14.2 Å². The Morgan fingerprint density at radius 3 is 1.94 bits per heavy atom. The monoisotopic (exact) mass is 340 g/mol. The second-order valence-electron chi connectivity index (χ2n) is 3.52. The highest BCUT2D eigenvalue weighted by Gasteiger charge is 2.13. The molecule has 17 heavy (non-hydrogen) atoms. The summed E-state index contributed by atoms with van der Waals surface area (Å²) in [7, 11) is 3.35. The van der Waals surface area contributed by atoms with Gasteiger partial charge in [0.25, 0.3) is 0 Å². The molecule has 0 saturated carbocycles. The number of halogens is 1. The van der Waals surface area contributed by atoms with E-state index in [1.807, 2.05) is 30.3 Å². The van der Waals surface area contributed by atoms with Gasteiger partial charge < -0.3 is 9.47 Å². The molecule has 0 N–H and O–H groups in total. The maximum atomic E-state index is 5.41. The summed E-state index contributed by atoms with van der Waals surface area (Å²) in [6.45, 7) is 0. The lowest BCUT2D eigenvalue weighted by molar-refractivity contribution is 0.397. The van der Waals surface area contributed by atoms with Crippen LogP contribution in [0.25, 0.3) is 11.1 Å². The van der Waals surface area contributed by atoms with Crippen LogP contribution in [0, 0.1) is 3.57 Å². The zero-order chi connectivity index (χ0) is 12.3. The molecule has 88 valence electrons. The summed E-state index contributed by atoms with van der Waals surface area (Å²) >= 11 is 2.32. The molecule has 0 radical (unpaired) electrons. The van der Waals surface area contributed by atoms with Gasteiger partial charge in [0.1, 0.15) is 11.5 Å². The van der Waals surface area contributed by atoms with Crippen molar-refractivity contribution in [2.45, 2.75) is 0 Å². The molecule has 0 amide bonds. The van der Waals surface area contributed by atoms with Crippen molar-refractivity contribution >= 4 is 22.6 Å². The minimum Gasteiger partial charge on any atom is -0.496 e. The topological polar surface area (TPSA) is 18.5 Å². The van der Waals surface area contributed by atoms with Crippen LogP contribution in [0.1, 0.15) is 0 Å². The van der Waals surface area contributed by atoms with Crippen LogP contribution in [-0.2, 0) is 0 Å². The van der Waals surface area contributed by atoms with E-state index in [0.717, 1.165) is 22.6 Å². The minimum absolute atomic E-state index is 0.827. The van der Waals surface area contributed by atoms with E-state index >= 15 is 0 Å². The quantitative estimate of drug-likeness (QED) is 0.787. The molecule has 0 spiro atoms. The van der Waals surface area contributed by atoms with Crippen molar-refractivity contribution in [3.63, 3.8) is 0 Å². The van der Waals surface area contributed by atoms with Gasteiger partial charge in [-0.1, -0.05) is 24.3 Å². The summed E-state index contributed by atoms with van der Waals surface area (Å²) in [5.74, 6) is 1.65. The first kappa shape index (κ1) is 12.2. The Balaban J connectivity index is 2.69. The standard InChI is InChI=1S/C14H13IO2/c1-16-12-8-5-9-13(17-2)14(12)10-6-3-4-7-11(10)15/h3-9H,1-2H3. The Kier molecular flexibility index (Phi) is 3.89. The van der Waals surface area contributed by atoms with Gasteiger partial charge in [-0.25, -0.2) is 0 Å². The predicted molar refractivity (Wildman–Crippen MR) is 77.7 cm³/mol. The maximum absolute atomic E-state index is 5.41. The minimum atomic E-state index is 0.827. The normalized spacial score (nSPS) is 10.1. The molecule has 2 aromatic rings. The lowest BCUT2D eigenvalue weighted by atomic mass is 10.0. The highest BCUT2D eigenvalue weighted by molar-refractivity contribution is 14.1. The lowest BCUT2D eigenvalue weighted by Crippen LogP contribution is -1.94. The summed E-state index contributed by atoms with van der Waals surface area (Å²) in [5.41, 5.74) is 2.13. The molecule has 0 saturated heterocycles. The van der Waals surface area contributed by atoms with Crippen molar-refractivity contribution < 1.29 is 9.47 Å². The number of hydrogen-bond donors (Lipinski definition) is 0. The molecule has 2 nitrogen and oxygen atoms in total. The second kappa shape index (κ2) is 5.40. The van der Waals surface area contributed by atoms with Crippen molar-refractivity contribution in [1.29, 1.82) is 0 Å². The Labute approximate surface area is 115 Å². The molecular formula is C14H13IO2. The van der Waals surface area contributed by atoms with Crippen LogP contribution >= 0.6 is 22.6 Å². The van der Waals surface area contributed by atoms with Crippen LogP contribution in [0.3, 0.4) is 0 Å². The van der Waals surface area contributed by atoms with Crippen LogP contribution in [0.2, 0.25) is 0 Å². The zero-order valence-electron chi connectivity index (χ0n) is 9.74. The fourth-order valence-electron chi connectivity index (χ4n) is 1.78. The third kappa shape index (κ3) is 2.39. The SMILES string of the molecule is COc1cccc(OC)c1-c1ccccc1I. The van der Waals surface area contributed by atoms with Gasteiger partial charge in [-0.05, 0) is 40.8 Å². The molecule has 0 unspecified atom stereocenters. The van der Waals surface area contributed by atoms with Gasteiger partial charge >= 0.3 is 0 Å². The van der Waals surface area contributed by atoms with Crippen molar-refractivity contribution in [2.24, 2.45) is 0 Å². The molecule has 2 aromatic carbocycles. The van der Waals surface area contributed by atoms with Crippen LogP contribution in [0.5, 0.6) is 11.5 Å². The summed E-state index contributed by atoms with van der Waals surface area (Å²) in [6, 6.07) is 14.0. The molecule has 3 heteroatoms. The van der Waals surface area contributed by atoms with E-state index in [9.17, 15) is 0 Å². The first-order chi connectivity index (χ1) is 8.27. The van der Waals surface area contributed by atoms with Crippen LogP contribution in [0.15, 0.2) is 42.5 Å². The average molecular weight is 340 g/mol. The Morgan fingerprint density at radius 1 is 0.824 bits per heavy atom. The molecule has 0 aliphatic rings. The van der Waals surface area contributed by atoms with Gasteiger partial charge in [0.2, 0.25) is 0 Å². The maximum Gasteiger partial charge on any atom is 0.130 e. The molecular weight excluding hydrogens is 327 g/mol. The van der Waals surface area contributed by atoms with Gasteiger partial charge in [0, 0.05) is 9.13 Å². The van der Waals surface area contributed by atoms with Gasteiger partial charge in [0.05, 0.1) is 19.8 Å². The van der Waals surface area contributed by atoms with Gasteiger partial charge in [-0.15, -0.1) is 0 Å². The summed E-state index contributed by atoms with van der Waals surface area (Å²) in [4.78, 5) is 0. The highest BCUT2D eigenvalue weighted by Crippen LogP contribution is 2.39. The van der Waals surface area contributed by atoms with Crippen molar-refractivity contribution in [1.82, 2.24) is 0 Å². The highest BCUT2D eigenvalue weighted by atomic mass is 127. The molecule has 0 aliphatic heterocycles. The van der Waals surface area contributed by atoms with Crippen molar-refractivity contribution in [3.05, 3.63) is 46.0 Å². The Morgan fingerprint density at radius 2 is 1.41 bits per heavy atom. The molecule has 0 atom stereocenters. The smallest absolute Gasteiger partial charge is 0.130 e. The lowest BCUT2D eigenvalue weighted by Gasteiger charge is -2.14. The van der Waals surface area contributed by atoms with E-state index in [4.69, 9.17) is 9.47 Å². The van der Waals surface area contributed by atoms with Crippen molar-refractivity contribution in [3.8, 4) is 22.6 Å². The fraction of sp³-hybridized carbons (Fsp3) is 0.143. The van der Waals surface area contributed by atoms with Crippen LogP contribution < -0.4 is 9.47 Å².